The molecule has 2 heterocycles. The van der Waals surface area contributed by atoms with E-state index in [1.54, 1.807) is 6.20 Å². The molecule has 0 saturated carbocycles. The van der Waals surface area contributed by atoms with Crippen LogP contribution < -0.4 is 0 Å². The van der Waals surface area contributed by atoms with Gasteiger partial charge in [-0.15, -0.1) is 0 Å². The number of hydrogen-bond acceptors (Lipinski definition) is 3. The van der Waals surface area contributed by atoms with Crippen molar-refractivity contribution in [1.82, 2.24) is 9.88 Å². The number of nitrogens with zero attached hydrogens (tertiary/aromatic N) is 2. The Morgan fingerprint density at radius 1 is 1.29 bits per heavy atom. The summed E-state index contributed by atoms with van der Waals surface area (Å²) >= 11 is 0. The molecule has 0 radical (unpaired) electrons. The number of aliphatic hydroxyl groups is 1. The third-order valence-electron chi connectivity index (χ3n) is 4.79. The smallest absolute Gasteiger partial charge is 0.272 e. The van der Waals surface area contributed by atoms with Gasteiger partial charge in [0.2, 0.25) is 0 Å². The average molecular weight is 324 g/mol. The van der Waals surface area contributed by atoms with Gasteiger partial charge >= 0.3 is 0 Å². The molecule has 2 atom stereocenters. The summed E-state index contributed by atoms with van der Waals surface area (Å²) in [6.07, 6.45) is 4.41. The molecule has 1 aromatic carbocycles. The molecule has 1 fully saturated rings. The van der Waals surface area contributed by atoms with Gasteiger partial charge in [-0.25, -0.2) is 0 Å². The molecule has 1 aliphatic rings. The molecule has 1 amide bonds. The lowest BCUT2D eigenvalue weighted by Gasteiger charge is -2.27. The summed E-state index contributed by atoms with van der Waals surface area (Å²) < 4.78 is 0. The predicted octanol–water partition coefficient (Wildman–Crippen LogP) is 3.37. The molecule has 4 heteroatoms. The van der Waals surface area contributed by atoms with Crippen LogP contribution >= 0.6 is 0 Å². The number of rotatable bonds is 5. The topological polar surface area (TPSA) is 53.4 Å². The first-order valence-corrected chi connectivity index (χ1v) is 8.68. The average Bonchev–Trinajstić information content (AvgIpc) is 3.09. The SMILES string of the molecule is CCc1cccnc1C(=O)N1CCC[C@H]1C[C@H](O)c1ccccc1. The molecule has 1 N–H and O–H groups in total. The van der Waals surface area contributed by atoms with Gasteiger partial charge in [-0.2, -0.15) is 0 Å². The summed E-state index contributed by atoms with van der Waals surface area (Å²) in [7, 11) is 0. The minimum Gasteiger partial charge on any atom is -0.388 e. The van der Waals surface area contributed by atoms with Crippen LogP contribution in [0.25, 0.3) is 0 Å². The normalized spacial score (nSPS) is 18.6. The van der Waals surface area contributed by atoms with E-state index in [0.29, 0.717) is 12.1 Å². The van der Waals surface area contributed by atoms with E-state index in [1.807, 2.05) is 54.3 Å². The van der Waals surface area contributed by atoms with Crippen molar-refractivity contribution in [3.05, 3.63) is 65.5 Å². The Kier molecular flexibility index (Phi) is 5.26. The first kappa shape index (κ1) is 16.7. The van der Waals surface area contributed by atoms with Gasteiger partial charge < -0.3 is 10.0 Å². The van der Waals surface area contributed by atoms with E-state index in [2.05, 4.69) is 4.98 Å². The van der Waals surface area contributed by atoms with Crippen molar-refractivity contribution in [2.24, 2.45) is 0 Å². The molecule has 2 aromatic rings. The van der Waals surface area contributed by atoms with Crippen molar-refractivity contribution in [1.29, 1.82) is 0 Å². The Morgan fingerprint density at radius 2 is 2.08 bits per heavy atom. The molecule has 0 bridgehead atoms. The zero-order valence-electron chi connectivity index (χ0n) is 14.1. The number of carbonyl (C=O) groups is 1. The highest BCUT2D eigenvalue weighted by molar-refractivity contribution is 5.94. The van der Waals surface area contributed by atoms with Gasteiger partial charge in [-0.05, 0) is 42.9 Å². The lowest BCUT2D eigenvalue weighted by molar-refractivity contribution is 0.0660. The summed E-state index contributed by atoms with van der Waals surface area (Å²) in [5, 5.41) is 10.5. The first-order valence-electron chi connectivity index (χ1n) is 8.68. The maximum atomic E-state index is 12.9. The fourth-order valence-corrected chi connectivity index (χ4v) is 3.47. The second-order valence-corrected chi connectivity index (χ2v) is 6.32. The summed E-state index contributed by atoms with van der Waals surface area (Å²) in [6.45, 7) is 2.78. The number of hydrogen-bond donors (Lipinski definition) is 1. The van der Waals surface area contributed by atoms with Gasteiger partial charge in [0.05, 0.1) is 6.10 Å². The minimum absolute atomic E-state index is 0.00443. The van der Waals surface area contributed by atoms with Crippen LogP contribution in [0.5, 0.6) is 0 Å². The highest BCUT2D eigenvalue weighted by Crippen LogP contribution is 2.28. The number of aromatic nitrogens is 1. The second kappa shape index (κ2) is 7.58. The number of benzene rings is 1. The van der Waals surface area contributed by atoms with E-state index < -0.39 is 6.10 Å². The Morgan fingerprint density at radius 3 is 2.83 bits per heavy atom. The number of aliphatic hydroxyl groups excluding tert-OH is 1. The third kappa shape index (κ3) is 3.49. The van der Waals surface area contributed by atoms with E-state index in [-0.39, 0.29) is 11.9 Å². The number of likely N-dealkylation sites (tertiary alicyclic amines) is 1. The Hall–Kier alpha value is -2.20. The molecular formula is C20H24N2O2. The Balaban J connectivity index is 1.74. The van der Waals surface area contributed by atoms with Crippen LogP contribution in [0.1, 0.15) is 53.9 Å². The monoisotopic (exact) mass is 324 g/mol. The molecule has 3 rings (SSSR count). The molecule has 0 aliphatic carbocycles. The molecule has 1 saturated heterocycles. The summed E-state index contributed by atoms with van der Waals surface area (Å²) in [6, 6.07) is 13.6. The summed E-state index contributed by atoms with van der Waals surface area (Å²) in [5.41, 5.74) is 2.45. The van der Waals surface area contributed by atoms with Crippen LogP contribution in [-0.4, -0.2) is 33.5 Å². The quantitative estimate of drug-likeness (QED) is 0.917. The number of pyridine rings is 1. The zero-order valence-corrected chi connectivity index (χ0v) is 14.1. The molecule has 24 heavy (non-hydrogen) atoms. The number of carbonyl (C=O) groups excluding carboxylic acids is 1. The van der Waals surface area contributed by atoms with Gasteiger partial charge in [-0.1, -0.05) is 43.3 Å². The minimum atomic E-state index is -0.543. The second-order valence-electron chi connectivity index (χ2n) is 6.32. The zero-order chi connectivity index (χ0) is 16.9. The van der Waals surface area contributed by atoms with Crippen molar-refractivity contribution in [3.63, 3.8) is 0 Å². The molecule has 126 valence electrons. The summed E-state index contributed by atoms with van der Waals surface area (Å²) in [4.78, 5) is 19.1. The third-order valence-corrected chi connectivity index (χ3v) is 4.79. The highest BCUT2D eigenvalue weighted by atomic mass is 16.3. The predicted molar refractivity (Wildman–Crippen MR) is 93.7 cm³/mol. The lowest BCUT2D eigenvalue weighted by Crippen LogP contribution is -2.37. The van der Waals surface area contributed by atoms with Crippen LogP contribution in [0.15, 0.2) is 48.7 Å². The standard InChI is InChI=1S/C20H24N2O2/c1-2-15-10-6-12-21-19(15)20(24)22-13-7-11-17(22)14-18(23)16-8-4-3-5-9-16/h3-6,8-10,12,17-18,23H,2,7,11,13-14H2,1H3/t17-,18-/m0/s1. The van der Waals surface area contributed by atoms with E-state index >= 15 is 0 Å². The number of aryl methyl sites for hydroxylation is 1. The first-order chi connectivity index (χ1) is 11.7. The van der Waals surface area contributed by atoms with Crippen molar-refractivity contribution in [2.45, 2.75) is 44.8 Å². The van der Waals surface area contributed by atoms with Crippen molar-refractivity contribution in [3.8, 4) is 0 Å². The van der Waals surface area contributed by atoms with Crippen molar-refractivity contribution < 1.29 is 9.90 Å². The van der Waals surface area contributed by atoms with Crippen LogP contribution in [0.2, 0.25) is 0 Å². The van der Waals surface area contributed by atoms with Gasteiger partial charge in [0.15, 0.2) is 0 Å². The number of amides is 1. The fraction of sp³-hybridized carbons (Fsp3) is 0.400. The molecule has 0 unspecified atom stereocenters. The van der Waals surface area contributed by atoms with Crippen molar-refractivity contribution >= 4 is 5.91 Å². The van der Waals surface area contributed by atoms with Crippen molar-refractivity contribution in [2.75, 3.05) is 6.54 Å². The van der Waals surface area contributed by atoms with Crippen LogP contribution in [0.3, 0.4) is 0 Å². The van der Waals surface area contributed by atoms with Crippen LogP contribution in [-0.2, 0) is 6.42 Å². The van der Waals surface area contributed by atoms with Gasteiger partial charge in [0.25, 0.3) is 5.91 Å². The Labute approximate surface area is 143 Å². The van der Waals surface area contributed by atoms with Gasteiger partial charge in [0, 0.05) is 18.8 Å². The molecule has 1 aliphatic heterocycles. The van der Waals surface area contributed by atoms with E-state index in [1.165, 1.54) is 0 Å². The fourth-order valence-electron chi connectivity index (χ4n) is 3.47. The van der Waals surface area contributed by atoms with E-state index in [9.17, 15) is 9.90 Å². The Bertz CT molecular complexity index is 687. The van der Waals surface area contributed by atoms with Gasteiger partial charge in [0.1, 0.15) is 5.69 Å². The molecule has 1 aromatic heterocycles. The van der Waals surface area contributed by atoms with Crippen LogP contribution in [0.4, 0.5) is 0 Å². The van der Waals surface area contributed by atoms with Crippen LogP contribution in [0, 0.1) is 0 Å². The van der Waals surface area contributed by atoms with Gasteiger partial charge in [-0.3, -0.25) is 9.78 Å². The molecular weight excluding hydrogens is 300 g/mol. The largest absolute Gasteiger partial charge is 0.388 e. The highest BCUT2D eigenvalue weighted by Gasteiger charge is 2.32. The summed E-state index contributed by atoms with van der Waals surface area (Å²) in [5.74, 6) is -0.00443. The lowest BCUT2D eigenvalue weighted by atomic mass is 10.00. The maximum Gasteiger partial charge on any atom is 0.272 e. The van der Waals surface area contributed by atoms with E-state index in [0.717, 1.165) is 36.9 Å². The molecule has 0 spiro atoms. The maximum absolute atomic E-state index is 12.9. The molecule has 4 nitrogen and oxygen atoms in total. The van der Waals surface area contributed by atoms with E-state index in [4.69, 9.17) is 0 Å².